The molecule has 0 N–H and O–H groups in total. The first kappa shape index (κ1) is 15.8. The lowest BCUT2D eigenvalue weighted by Gasteiger charge is -2.05. The number of hydrogen-bond donors (Lipinski definition) is 0. The third-order valence-electron chi connectivity index (χ3n) is 3.63. The molecule has 0 unspecified atom stereocenters. The van der Waals surface area contributed by atoms with E-state index in [1.807, 2.05) is 24.4 Å². The number of ether oxygens (including phenoxy) is 2. The zero-order valence-corrected chi connectivity index (χ0v) is 15.1. The number of benzene rings is 1. The van der Waals surface area contributed by atoms with Crippen LogP contribution in [-0.4, -0.2) is 16.2 Å². The molecule has 0 fully saturated rings. The van der Waals surface area contributed by atoms with Gasteiger partial charge in [0.15, 0.2) is 16.5 Å². The van der Waals surface area contributed by atoms with Crippen LogP contribution in [0.15, 0.2) is 28.4 Å². The molecule has 0 amide bonds. The summed E-state index contributed by atoms with van der Waals surface area (Å²) in [6.07, 6.45) is 0. The van der Waals surface area contributed by atoms with E-state index < -0.39 is 0 Å². The summed E-state index contributed by atoms with van der Waals surface area (Å²) in [4.78, 5) is 17.5. The number of rotatable bonds is 4. The largest absolute Gasteiger partial charge is 0.454 e. The highest BCUT2D eigenvalue weighted by Gasteiger charge is 2.18. The van der Waals surface area contributed by atoms with Gasteiger partial charge in [0.2, 0.25) is 6.79 Å². The molecule has 0 spiro atoms. The van der Waals surface area contributed by atoms with Gasteiger partial charge in [-0.15, -0.1) is 11.3 Å². The summed E-state index contributed by atoms with van der Waals surface area (Å²) in [7, 11) is 0. The SMILES string of the molecule is Cc1csc2nc(CSCc3cc(Cl)c4c(c3)OCO4)cc(=O)n12. The van der Waals surface area contributed by atoms with Gasteiger partial charge in [0.25, 0.3) is 5.56 Å². The van der Waals surface area contributed by atoms with E-state index in [-0.39, 0.29) is 12.4 Å². The molecule has 0 bridgehead atoms. The second-order valence-corrected chi connectivity index (χ2v) is 7.61. The van der Waals surface area contributed by atoms with Crippen molar-refractivity contribution in [3.63, 3.8) is 0 Å². The van der Waals surface area contributed by atoms with Gasteiger partial charge < -0.3 is 9.47 Å². The van der Waals surface area contributed by atoms with Gasteiger partial charge in [0.05, 0.1) is 10.7 Å². The minimum absolute atomic E-state index is 0.0273. The zero-order chi connectivity index (χ0) is 16.7. The highest BCUT2D eigenvalue weighted by Crippen LogP contribution is 2.40. The van der Waals surface area contributed by atoms with Crippen LogP contribution < -0.4 is 15.0 Å². The Morgan fingerprint density at radius 1 is 1.33 bits per heavy atom. The van der Waals surface area contributed by atoms with Gasteiger partial charge in [-0.25, -0.2) is 4.98 Å². The van der Waals surface area contributed by atoms with Crippen molar-refractivity contribution >= 4 is 39.7 Å². The summed E-state index contributed by atoms with van der Waals surface area (Å²) in [6.45, 7) is 2.12. The summed E-state index contributed by atoms with van der Waals surface area (Å²) < 4.78 is 12.3. The van der Waals surface area contributed by atoms with Gasteiger partial charge >= 0.3 is 0 Å². The molecule has 4 rings (SSSR count). The summed E-state index contributed by atoms with van der Waals surface area (Å²) in [5.74, 6) is 2.71. The number of thioether (sulfide) groups is 1. The minimum atomic E-state index is -0.0273. The molecule has 3 aromatic rings. The van der Waals surface area contributed by atoms with E-state index in [2.05, 4.69) is 4.98 Å². The van der Waals surface area contributed by atoms with Gasteiger partial charge in [0.1, 0.15) is 0 Å². The third kappa shape index (κ3) is 2.87. The first-order valence-corrected chi connectivity index (χ1v) is 9.65. The molecule has 124 valence electrons. The van der Waals surface area contributed by atoms with Crippen molar-refractivity contribution in [2.45, 2.75) is 18.4 Å². The molecule has 1 aliphatic rings. The number of thiazole rings is 1. The number of fused-ring (bicyclic) bond motifs is 2. The molecular weight excluding hydrogens is 368 g/mol. The van der Waals surface area contributed by atoms with Gasteiger partial charge in [-0.2, -0.15) is 11.8 Å². The Labute approximate surface area is 151 Å². The van der Waals surface area contributed by atoms with Gasteiger partial charge in [0, 0.05) is 28.6 Å². The van der Waals surface area contributed by atoms with Crippen LogP contribution in [0.25, 0.3) is 4.96 Å². The average Bonchev–Trinajstić information content (AvgIpc) is 3.15. The van der Waals surface area contributed by atoms with E-state index >= 15 is 0 Å². The minimum Gasteiger partial charge on any atom is -0.454 e. The van der Waals surface area contributed by atoms with Gasteiger partial charge in [-0.05, 0) is 24.6 Å². The van der Waals surface area contributed by atoms with Gasteiger partial charge in [-0.1, -0.05) is 11.6 Å². The predicted molar refractivity (Wildman–Crippen MR) is 96.7 cm³/mol. The Morgan fingerprint density at radius 3 is 3.08 bits per heavy atom. The van der Waals surface area contributed by atoms with E-state index in [9.17, 15) is 4.79 Å². The van der Waals surface area contributed by atoms with Crippen molar-refractivity contribution in [3.05, 3.63) is 55.9 Å². The van der Waals surface area contributed by atoms with Crippen LogP contribution in [0.3, 0.4) is 0 Å². The van der Waals surface area contributed by atoms with Crippen molar-refractivity contribution in [1.82, 2.24) is 9.38 Å². The topological polar surface area (TPSA) is 52.8 Å². The van der Waals surface area contributed by atoms with Crippen LogP contribution in [0.2, 0.25) is 5.02 Å². The van der Waals surface area contributed by atoms with E-state index in [1.54, 1.807) is 22.2 Å². The maximum atomic E-state index is 12.2. The summed E-state index contributed by atoms with van der Waals surface area (Å²) in [6, 6.07) is 5.43. The van der Waals surface area contributed by atoms with Crippen molar-refractivity contribution in [2.75, 3.05) is 6.79 Å². The Kier molecular flexibility index (Phi) is 4.15. The highest BCUT2D eigenvalue weighted by atomic mass is 35.5. The molecule has 3 heterocycles. The third-order valence-corrected chi connectivity index (χ3v) is 5.90. The lowest BCUT2D eigenvalue weighted by Crippen LogP contribution is -2.14. The normalized spacial score (nSPS) is 12.9. The molecule has 0 aliphatic carbocycles. The average molecular weight is 381 g/mol. The fraction of sp³-hybridized carbons (Fsp3) is 0.250. The van der Waals surface area contributed by atoms with Crippen LogP contribution in [0.1, 0.15) is 17.0 Å². The van der Waals surface area contributed by atoms with Crippen LogP contribution >= 0.6 is 34.7 Å². The molecule has 1 aliphatic heterocycles. The molecule has 8 heteroatoms. The molecule has 2 aromatic heterocycles. The highest BCUT2D eigenvalue weighted by molar-refractivity contribution is 7.97. The maximum Gasteiger partial charge on any atom is 0.258 e. The fourth-order valence-electron chi connectivity index (χ4n) is 2.55. The van der Waals surface area contributed by atoms with Crippen molar-refractivity contribution in [3.8, 4) is 11.5 Å². The Morgan fingerprint density at radius 2 is 2.21 bits per heavy atom. The van der Waals surface area contributed by atoms with Crippen LogP contribution in [0.5, 0.6) is 11.5 Å². The standard InChI is InChI=1S/C16H13ClN2O3S2/c1-9-5-24-16-18-11(4-14(20)19(9)16)7-23-6-10-2-12(17)15-13(3-10)21-8-22-15/h2-5H,6-8H2,1H3. The summed E-state index contributed by atoms with van der Waals surface area (Å²) in [5.41, 5.74) is 2.74. The first-order chi connectivity index (χ1) is 11.6. The zero-order valence-electron chi connectivity index (χ0n) is 12.7. The summed E-state index contributed by atoms with van der Waals surface area (Å²) in [5, 5.41) is 2.50. The second kappa shape index (κ2) is 6.31. The Hall–Kier alpha value is -1.70. The second-order valence-electron chi connectivity index (χ2n) is 5.39. The molecule has 5 nitrogen and oxygen atoms in total. The van der Waals surface area contributed by atoms with Gasteiger partial charge in [-0.3, -0.25) is 9.20 Å². The molecule has 0 atom stereocenters. The predicted octanol–water partition coefficient (Wildman–Crippen LogP) is 3.88. The number of nitrogens with zero attached hydrogens (tertiary/aromatic N) is 2. The molecule has 24 heavy (non-hydrogen) atoms. The number of aromatic nitrogens is 2. The fourth-order valence-corrected chi connectivity index (χ4v) is 4.59. The van der Waals surface area contributed by atoms with Crippen molar-refractivity contribution in [1.29, 1.82) is 0 Å². The smallest absolute Gasteiger partial charge is 0.258 e. The van der Waals surface area contributed by atoms with E-state index in [0.717, 1.165) is 27.7 Å². The van der Waals surface area contributed by atoms with E-state index in [1.165, 1.54) is 11.3 Å². The van der Waals surface area contributed by atoms with Crippen LogP contribution in [0.4, 0.5) is 0 Å². The van der Waals surface area contributed by atoms with Crippen LogP contribution in [-0.2, 0) is 11.5 Å². The van der Waals surface area contributed by atoms with Crippen molar-refractivity contribution < 1.29 is 9.47 Å². The maximum absolute atomic E-state index is 12.2. The number of aryl methyl sites for hydroxylation is 1. The summed E-state index contributed by atoms with van der Waals surface area (Å²) >= 11 is 9.35. The molecule has 0 saturated carbocycles. The van der Waals surface area contributed by atoms with Crippen molar-refractivity contribution in [2.24, 2.45) is 0 Å². The van der Waals surface area contributed by atoms with E-state index in [4.69, 9.17) is 21.1 Å². The van der Waals surface area contributed by atoms with E-state index in [0.29, 0.717) is 22.3 Å². The molecule has 1 aromatic carbocycles. The number of halogens is 1. The quantitative estimate of drug-likeness (QED) is 0.687. The van der Waals surface area contributed by atoms with Crippen LogP contribution in [0, 0.1) is 6.92 Å². The lowest BCUT2D eigenvalue weighted by atomic mass is 10.2. The Bertz CT molecular complexity index is 983. The molecule has 0 saturated heterocycles. The number of hydrogen-bond acceptors (Lipinski definition) is 6. The monoisotopic (exact) mass is 380 g/mol. The molecule has 0 radical (unpaired) electrons. The first-order valence-electron chi connectivity index (χ1n) is 7.24. The molecular formula is C16H13ClN2O3S2. The lowest BCUT2D eigenvalue weighted by molar-refractivity contribution is 0.174. The Balaban J connectivity index is 1.48.